The van der Waals surface area contributed by atoms with Crippen LogP contribution < -0.4 is 25.4 Å². The van der Waals surface area contributed by atoms with E-state index in [1.807, 2.05) is 53.0 Å². The molecule has 3 aliphatic carbocycles. The molecule has 4 heterocycles. The molecule has 64 heavy (non-hydrogen) atoms. The third-order valence-corrected chi connectivity index (χ3v) is 14.7. The lowest BCUT2D eigenvalue weighted by molar-refractivity contribution is -0.146. The second kappa shape index (κ2) is 18.4. The molecule has 0 unspecified atom stereocenters. The van der Waals surface area contributed by atoms with Crippen molar-refractivity contribution in [2.24, 2.45) is 23.2 Å². The van der Waals surface area contributed by atoms with Crippen molar-refractivity contribution in [2.45, 2.75) is 128 Å². The number of aliphatic carboxylic acids is 1. The van der Waals surface area contributed by atoms with Crippen LogP contribution in [0.1, 0.15) is 86.5 Å². The van der Waals surface area contributed by atoms with Gasteiger partial charge in [-0.15, -0.1) is 11.3 Å². The van der Waals surface area contributed by atoms with E-state index < -0.39 is 53.0 Å². The van der Waals surface area contributed by atoms with Crippen molar-refractivity contribution in [3.8, 4) is 22.9 Å². The van der Waals surface area contributed by atoms with Crippen molar-refractivity contribution in [1.29, 1.82) is 0 Å². The average Bonchev–Trinajstić information content (AvgIpc) is 3.72. The quantitative estimate of drug-likeness (QED) is 0.113. The SMILES string of the molecule is CC[C@@H]1C[C@]1(NC(=O)[C@@H]1C[C@@H](Oc2cc(-c3csc(NC(C)C)n3)nc3c(Cl)c(OCCN4CC[C@@H](OC)C4)ccc23)CN1C(=O)[C@@H](NC(=O)O[C@@H]1C[C@@H]2C[C@@H]2C1)C(C)(C)C)C(=O)O. The summed E-state index contributed by atoms with van der Waals surface area (Å²) in [6, 6.07) is 3.38. The summed E-state index contributed by atoms with van der Waals surface area (Å²) >= 11 is 8.57. The van der Waals surface area contributed by atoms with Crippen molar-refractivity contribution >= 4 is 62.8 Å². The third-order valence-electron chi connectivity index (χ3n) is 13.6. The van der Waals surface area contributed by atoms with Gasteiger partial charge in [0.25, 0.3) is 0 Å². The molecule has 16 nitrogen and oxygen atoms in total. The predicted molar refractivity (Wildman–Crippen MR) is 243 cm³/mol. The Balaban J connectivity index is 1.09. The maximum absolute atomic E-state index is 14.8. The lowest BCUT2D eigenvalue weighted by Gasteiger charge is -2.35. The number of methoxy groups -OCH3 is 1. The number of hydrogen-bond donors (Lipinski definition) is 4. The van der Waals surface area contributed by atoms with Crippen LogP contribution in [0.25, 0.3) is 22.3 Å². The smallest absolute Gasteiger partial charge is 0.408 e. The first kappa shape index (κ1) is 46.1. The maximum atomic E-state index is 14.8. The number of likely N-dealkylation sites (tertiary alicyclic amines) is 2. The molecule has 2 saturated heterocycles. The fraction of sp³-hybridized carbons (Fsp3) is 0.652. The largest absolute Gasteiger partial charge is 0.491 e. The number of thiazole rings is 1. The first-order valence-corrected chi connectivity index (χ1v) is 23.9. The molecule has 5 fully saturated rings. The van der Waals surface area contributed by atoms with Crippen LogP contribution in [0.5, 0.6) is 11.5 Å². The number of pyridine rings is 1. The molecule has 2 aromatic heterocycles. The second-order valence-electron chi connectivity index (χ2n) is 19.7. The van der Waals surface area contributed by atoms with E-state index in [0.717, 1.165) is 37.5 Å². The Bertz CT molecular complexity index is 2240. The number of nitrogens with one attached hydrogen (secondary N) is 3. The van der Waals surface area contributed by atoms with Crippen LogP contribution in [-0.2, 0) is 23.9 Å². The summed E-state index contributed by atoms with van der Waals surface area (Å²) < 4.78 is 24.4. The zero-order valence-corrected chi connectivity index (χ0v) is 39.4. The molecule has 3 saturated carbocycles. The van der Waals surface area contributed by atoms with Crippen molar-refractivity contribution in [1.82, 2.24) is 30.4 Å². The van der Waals surface area contributed by atoms with Crippen LogP contribution in [0.2, 0.25) is 5.02 Å². The Labute approximate surface area is 383 Å². The van der Waals surface area contributed by atoms with Gasteiger partial charge in [0.2, 0.25) is 11.8 Å². The van der Waals surface area contributed by atoms with Crippen LogP contribution in [0.15, 0.2) is 23.6 Å². The van der Waals surface area contributed by atoms with Gasteiger partial charge in [0.1, 0.15) is 58.7 Å². The highest BCUT2D eigenvalue weighted by Gasteiger charge is 2.61. The summed E-state index contributed by atoms with van der Waals surface area (Å²) in [6.07, 6.45) is 3.29. The zero-order valence-electron chi connectivity index (χ0n) is 37.8. The number of amides is 3. The monoisotopic (exact) mass is 923 g/mol. The van der Waals surface area contributed by atoms with E-state index in [4.69, 9.17) is 40.5 Å². The Hall–Kier alpha value is -4.45. The van der Waals surface area contributed by atoms with E-state index in [2.05, 4.69) is 20.9 Å². The first-order valence-electron chi connectivity index (χ1n) is 22.7. The van der Waals surface area contributed by atoms with Gasteiger partial charge >= 0.3 is 12.1 Å². The molecule has 1 aromatic carbocycles. The number of carbonyl (C=O) groups is 4. The number of alkyl carbamates (subject to hydrolysis) is 1. The lowest BCUT2D eigenvalue weighted by atomic mass is 9.85. The molecule has 3 aromatic rings. The van der Waals surface area contributed by atoms with E-state index in [9.17, 15) is 24.3 Å². The molecule has 0 radical (unpaired) electrons. The molecule has 4 N–H and O–H groups in total. The van der Waals surface area contributed by atoms with Gasteiger partial charge in [-0.05, 0) is 81.3 Å². The number of fused-ring (bicyclic) bond motifs is 2. The summed E-state index contributed by atoms with van der Waals surface area (Å²) in [6.45, 7) is 14.3. The molecular formula is C46H62ClN7O9S. The number of halogens is 1. The number of carbonyl (C=O) groups excluding carboxylic acids is 3. The Morgan fingerprint density at radius 2 is 1.78 bits per heavy atom. The maximum Gasteiger partial charge on any atom is 0.408 e. The molecule has 8 rings (SSSR count). The van der Waals surface area contributed by atoms with Crippen molar-refractivity contribution in [2.75, 3.05) is 45.2 Å². The number of hydrogen-bond acceptors (Lipinski definition) is 13. The van der Waals surface area contributed by atoms with Crippen LogP contribution >= 0.6 is 22.9 Å². The average molecular weight is 925 g/mol. The van der Waals surface area contributed by atoms with Crippen molar-refractivity contribution in [3.63, 3.8) is 0 Å². The van der Waals surface area contributed by atoms with Crippen LogP contribution in [0, 0.1) is 23.2 Å². The summed E-state index contributed by atoms with van der Waals surface area (Å²) in [7, 11) is 1.73. The molecule has 348 valence electrons. The number of rotatable bonds is 17. The van der Waals surface area contributed by atoms with Gasteiger partial charge in [0, 0.05) is 56.0 Å². The first-order chi connectivity index (χ1) is 30.5. The summed E-state index contributed by atoms with van der Waals surface area (Å²) in [5, 5.41) is 22.8. The van der Waals surface area contributed by atoms with Gasteiger partial charge in [0.05, 0.1) is 23.9 Å². The van der Waals surface area contributed by atoms with Crippen molar-refractivity contribution < 1.29 is 43.2 Å². The van der Waals surface area contributed by atoms with Crippen LogP contribution in [0.3, 0.4) is 0 Å². The number of anilines is 1. The van der Waals surface area contributed by atoms with Crippen molar-refractivity contribution in [3.05, 3.63) is 28.6 Å². The molecule has 18 heteroatoms. The fourth-order valence-electron chi connectivity index (χ4n) is 9.75. The molecule has 9 atom stereocenters. The Morgan fingerprint density at radius 3 is 2.44 bits per heavy atom. The summed E-state index contributed by atoms with van der Waals surface area (Å²) in [5.74, 6) is -0.381. The number of carboxylic acid groups (broad SMARTS) is 1. The molecule has 3 amide bonds. The number of aromatic nitrogens is 2. The topological polar surface area (TPSA) is 194 Å². The molecule has 2 aliphatic heterocycles. The lowest BCUT2D eigenvalue weighted by Crippen LogP contribution is -2.59. The second-order valence-corrected chi connectivity index (χ2v) is 20.9. The Morgan fingerprint density at radius 1 is 1.02 bits per heavy atom. The van der Waals surface area contributed by atoms with E-state index in [-0.39, 0.29) is 37.1 Å². The molecule has 0 bridgehead atoms. The fourth-order valence-corrected chi connectivity index (χ4v) is 10.9. The van der Waals surface area contributed by atoms with Gasteiger partial charge in [-0.3, -0.25) is 14.5 Å². The van der Waals surface area contributed by atoms with Crippen LogP contribution in [-0.4, -0.2) is 131 Å². The Kier molecular flexibility index (Phi) is 13.3. The molecule has 5 aliphatic rings. The minimum atomic E-state index is -1.42. The minimum absolute atomic E-state index is 0.0306. The highest BCUT2D eigenvalue weighted by Crippen LogP contribution is 2.52. The van der Waals surface area contributed by atoms with E-state index in [0.29, 0.717) is 76.6 Å². The van der Waals surface area contributed by atoms with Gasteiger partial charge in [0.15, 0.2) is 5.13 Å². The van der Waals surface area contributed by atoms with E-state index in [1.165, 1.54) is 22.7 Å². The third kappa shape index (κ3) is 9.87. The van der Waals surface area contributed by atoms with Gasteiger partial charge < -0.3 is 44.9 Å². The number of carboxylic acids is 1. The van der Waals surface area contributed by atoms with E-state index >= 15 is 0 Å². The van der Waals surface area contributed by atoms with Gasteiger partial charge in [-0.25, -0.2) is 19.6 Å². The zero-order chi connectivity index (χ0) is 45.7. The predicted octanol–water partition coefficient (Wildman–Crippen LogP) is 6.59. The highest BCUT2D eigenvalue weighted by atomic mass is 35.5. The van der Waals surface area contributed by atoms with E-state index in [1.54, 1.807) is 19.2 Å². The summed E-state index contributed by atoms with van der Waals surface area (Å²) in [5.41, 5.74) is -0.687. The highest BCUT2D eigenvalue weighted by molar-refractivity contribution is 7.14. The minimum Gasteiger partial charge on any atom is -0.491 e. The van der Waals surface area contributed by atoms with Crippen LogP contribution in [0.4, 0.5) is 9.93 Å². The molecular weight excluding hydrogens is 862 g/mol. The standard InChI is InChI=1S/C46H62ClN7O9S/c1-8-27-20-46(27,42(57)58)52-40(55)34-18-30(22-54(34)41(56)39(45(4,5)6)51-44(59)63-29-16-25-15-26(25)17-29)62-36-19-32(33-23-64-43(50-33)48-24(2)3)49-38-31(36)9-10-35(37(38)47)61-14-13-53-12-11-28(21-53)60-7/h9-10,19,23-30,34,39H,8,11-18,20-22H2,1-7H3,(H,48,50)(H,51,59)(H,52,55)(H,57,58)/t25-,26+,27-,28-,29+,30-,34+,39-,46-/m1/s1. The normalized spacial score (nSPS) is 27.9. The molecule has 0 spiro atoms. The summed E-state index contributed by atoms with van der Waals surface area (Å²) in [4.78, 5) is 68.6. The number of benzene rings is 1. The number of ether oxygens (including phenoxy) is 4. The van der Waals surface area contributed by atoms with Gasteiger partial charge in [-0.2, -0.15) is 0 Å². The van der Waals surface area contributed by atoms with Gasteiger partial charge in [-0.1, -0.05) is 45.7 Å². The number of nitrogens with zero attached hydrogens (tertiary/aromatic N) is 4.